The van der Waals surface area contributed by atoms with Crippen LogP contribution in [-0.4, -0.2) is 16.3 Å². The van der Waals surface area contributed by atoms with Gasteiger partial charge in [0.1, 0.15) is 5.75 Å². The molecule has 1 N–H and O–H groups in total. The number of thioether (sulfide) groups is 1. The van der Waals surface area contributed by atoms with Crippen molar-refractivity contribution in [1.82, 2.24) is 0 Å². The second kappa shape index (κ2) is 4.91. The minimum absolute atomic E-state index is 0.177. The summed E-state index contributed by atoms with van der Waals surface area (Å²) in [4.78, 5) is 11.4. The van der Waals surface area contributed by atoms with Gasteiger partial charge >= 0.3 is 0 Å². The maximum absolute atomic E-state index is 10.6. The topological polar surface area (TPSA) is 60.4 Å². The lowest BCUT2D eigenvalue weighted by molar-refractivity contribution is -0.304. The molecule has 0 radical (unpaired) electrons. The van der Waals surface area contributed by atoms with Crippen LogP contribution in [-0.2, 0) is 4.79 Å². The number of phenols is 1. The third kappa shape index (κ3) is 2.96. The molecule has 0 aromatic heterocycles. The van der Waals surface area contributed by atoms with Crippen molar-refractivity contribution in [3.63, 3.8) is 0 Å². The van der Waals surface area contributed by atoms with E-state index in [-0.39, 0.29) is 5.75 Å². The molecular weight excluding hydrogens is 200 g/mol. The van der Waals surface area contributed by atoms with Gasteiger partial charge in [-0.05, 0) is 30.7 Å². The Morgan fingerprint density at radius 1 is 1.50 bits per heavy atom. The van der Waals surface area contributed by atoms with Gasteiger partial charge in [-0.3, -0.25) is 0 Å². The predicted molar refractivity (Wildman–Crippen MR) is 53.0 cm³/mol. The standard InChI is InChI=1S/C10H12O3S/c1-2-9(10(12)13)14-8-5-3-7(11)4-6-8/h3-6,9,11H,2H2,1H3,(H,12,13)/p-1. The van der Waals surface area contributed by atoms with E-state index in [0.717, 1.165) is 4.90 Å². The average Bonchev–Trinajstić information content (AvgIpc) is 2.16. The Bertz CT molecular complexity index is 308. The number of carboxylic acids is 1. The quantitative estimate of drug-likeness (QED) is 0.755. The molecule has 0 bridgehead atoms. The summed E-state index contributed by atoms with van der Waals surface area (Å²) in [5.74, 6) is -0.874. The number of carboxylic acid groups (broad SMARTS) is 1. The lowest BCUT2D eigenvalue weighted by Gasteiger charge is -2.14. The Labute approximate surface area is 86.8 Å². The van der Waals surface area contributed by atoms with Crippen LogP contribution < -0.4 is 5.11 Å². The van der Waals surface area contributed by atoms with E-state index in [1.165, 1.54) is 23.9 Å². The third-order valence-corrected chi connectivity index (χ3v) is 3.10. The maximum Gasteiger partial charge on any atom is 0.115 e. The molecule has 0 amide bonds. The normalized spacial score (nSPS) is 12.4. The molecule has 1 unspecified atom stereocenters. The zero-order chi connectivity index (χ0) is 10.6. The summed E-state index contributed by atoms with van der Waals surface area (Å²) in [5, 5.41) is 19.1. The van der Waals surface area contributed by atoms with Crippen molar-refractivity contribution in [3.05, 3.63) is 24.3 Å². The lowest BCUT2D eigenvalue weighted by Crippen LogP contribution is -2.32. The van der Waals surface area contributed by atoms with Crippen molar-refractivity contribution in [2.24, 2.45) is 0 Å². The van der Waals surface area contributed by atoms with Crippen LogP contribution in [0.3, 0.4) is 0 Å². The van der Waals surface area contributed by atoms with Crippen LogP contribution in [0, 0.1) is 0 Å². The molecular formula is C10H11O3S-. The molecule has 1 aromatic rings. The SMILES string of the molecule is CCC(Sc1ccc(O)cc1)C(=O)[O-]. The Balaban J connectivity index is 2.67. The van der Waals surface area contributed by atoms with Crippen molar-refractivity contribution in [3.8, 4) is 5.75 Å². The van der Waals surface area contributed by atoms with Crippen LogP contribution in [0.15, 0.2) is 29.2 Å². The van der Waals surface area contributed by atoms with Crippen molar-refractivity contribution in [2.75, 3.05) is 0 Å². The monoisotopic (exact) mass is 211 g/mol. The largest absolute Gasteiger partial charge is 0.549 e. The summed E-state index contributed by atoms with van der Waals surface area (Å²) in [6.07, 6.45) is 0.522. The Kier molecular flexibility index (Phi) is 3.83. The summed E-state index contributed by atoms with van der Waals surface area (Å²) in [6, 6.07) is 6.44. The van der Waals surface area contributed by atoms with Gasteiger partial charge in [0.2, 0.25) is 0 Å². The molecule has 4 heteroatoms. The van der Waals surface area contributed by atoms with Gasteiger partial charge in [-0.2, -0.15) is 0 Å². The minimum Gasteiger partial charge on any atom is -0.549 e. The molecule has 0 aliphatic heterocycles. The molecule has 0 aliphatic rings. The van der Waals surface area contributed by atoms with Crippen molar-refractivity contribution >= 4 is 17.7 Å². The first-order chi connectivity index (χ1) is 6.63. The molecule has 0 heterocycles. The van der Waals surface area contributed by atoms with Crippen molar-refractivity contribution in [1.29, 1.82) is 0 Å². The number of benzene rings is 1. The number of carbonyl (C=O) groups is 1. The molecule has 0 fully saturated rings. The Morgan fingerprint density at radius 2 is 2.07 bits per heavy atom. The second-order valence-electron chi connectivity index (χ2n) is 2.83. The smallest absolute Gasteiger partial charge is 0.115 e. The molecule has 0 saturated carbocycles. The van der Waals surface area contributed by atoms with Gasteiger partial charge in [-0.15, -0.1) is 11.8 Å². The molecule has 1 atom stereocenters. The van der Waals surface area contributed by atoms with Crippen molar-refractivity contribution < 1.29 is 15.0 Å². The number of hydrogen-bond acceptors (Lipinski definition) is 4. The Morgan fingerprint density at radius 3 is 2.50 bits per heavy atom. The molecule has 0 spiro atoms. The lowest BCUT2D eigenvalue weighted by atomic mass is 10.3. The number of rotatable bonds is 4. The minimum atomic E-state index is -1.05. The van der Waals surface area contributed by atoms with Crippen LogP contribution in [0.4, 0.5) is 0 Å². The van der Waals surface area contributed by atoms with E-state index < -0.39 is 11.2 Å². The van der Waals surface area contributed by atoms with E-state index in [4.69, 9.17) is 5.11 Å². The van der Waals surface area contributed by atoms with E-state index in [2.05, 4.69) is 0 Å². The van der Waals surface area contributed by atoms with E-state index in [0.29, 0.717) is 6.42 Å². The van der Waals surface area contributed by atoms with Crippen molar-refractivity contribution in [2.45, 2.75) is 23.5 Å². The molecule has 3 nitrogen and oxygen atoms in total. The van der Waals surface area contributed by atoms with Gasteiger partial charge in [-0.25, -0.2) is 0 Å². The van der Waals surface area contributed by atoms with Crippen LogP contribution in [0.2, 0.25) is 0 Å². The molecule has 1 rings (SSSR count). The van der Waals surface area contributed by atoms with E-state index in [9.17, 15) is 9.90 Å². The van der Waals surface area contributed by atoms with Crippen LogP contribution >= 0.6 is 11.8 Å². The summed E-state index contributed by atoms with van der Waals surface area (Å²) < 4.78 is 0. The van der Waals surface area contributed by atoms with Gasteiger partial charge in [0.15, 0.2) is 0 Å². The zero-order valence-electron chi connectivity index (χ0n) is 7.77. The van der Waals surface area contributed by atoms with Gasteiger partial charge < -0.3 is 15.0 Å². The van der Waals surface area contributed by atoms with Crippen LogP contribution in [0.5, 0.6) is 5.75 Å². The predicted octanol–water partition coefficient (Wildman–Crippen LogP) is 1.01. The average molecular weight is 211 g/mol. The molecule has 76 valence electrons. The van der Waals surface area contributed by atoms with E-state index in [1.54, 1.807) is 19.1 Å². The van der Waals surface area contributed by atoms with Gasteiger partial charge in [0, 0.05) is 10.1 Å². The first-order valence-electron chi connectivity index (χ1n) is 4.30. The Hall–Kier alpha value is -1.16. The van der Waals surface area contributed by atoms with E-state index >= 15 is 0 Å². The van der Waals surface area contributed by atoms with Gasteiger partial charge in [0.05, 0.1) is 5.97 Å². The molecule has 0 saturated heterocycles. The zero-order valence-corrected chi connectivity index (χ0v) is 8.58. The second-order valence-corrected chi connectivity index (χ2v) is 4.10. The number of aromatic hydroxyl groups is 1. The molecule has 14 heavy (non-hydrogen) atoms. The number of aliphatic carboxylic acids is 1. The van der Waals surface area contributed by atoms with Gasteiger partial charge in [0.25, 0.3) is 0 Å². The molecule has 1 aromatic carbocycles. The van der Waals surface area contributed by atoms with Gasteiger partial charge in [-0.1, -0.05) is 6.92 Å². The highest BCUT2D eigenvalue weighted by Crippen LogP contribution is 2.26. The maximum atomic E-state index is 10.6. The molecule has 0 aliphatic carbocycles. The number of phenolic OH excluding ortho intramolecular Hbond substituents is 1. The fourth-order valence-corrected chi connectivity index (χ4v) is 1.87. The van der Waals surface area contributed by atoms with E-state index in [1.807, 2.05) is 0 Å². The highest BCUT2D eigenvalue weighted by Gasteiger charge is 2.08. The fourth-order valence-electron chi connectivity index (χ4n) is 0.987. The summed E-state index contributed by atoms with van der Waals surface area (Å²) in [7, 11) is 0. The number of carbonyl (C=O) groups excluding carboxylic acids is 1. The van der Waals surface area contributed by atoms with Crippen LogP contribution in [0.25, 0.3) is 0 Å². The number of hydrogen-bond donors (Lipinski definition) is 1. The fraction of sp³-hybridized carbons (Fsp3) is 0.300. The summed E-state index contributed by atoms with van der Waals surface area (Å²) in [6.45, 7) is 1.80. The summed E-state index contributed by atoms with van der Waals surface area (Å²) in [5.41, 5.74) is 0. The summed E-state index contributed by atoms with van der Waals surface area (Å²) >= 11 is 1.23. The highest BCUT2D eigenvalue weighted by molar-refractivity contribution is 8.00. The van der Waals surface area contributed by atoms with Crippen LogP contribution in [0.1, 0.15) is 13.3 Å². The first kappa shape index (κ1) is 10.9. The highest BCUT2D eigenvalue weighted by atomic mass is 32.2. The third-order valence-electron chi connectivity index (χ3n) is 1.75. The first-order valence-corrected chi connectivity index (χ1v) is 5.18.